The molecule has 2 aliphatic carbocycles. The van der Waals surface area contributed by atoms with E-state index in [0.29, 0.717) is 12.1 Å². The summed E-state index contributed by atoms with van der Waals surface area (Å²) in [5, 5.41) is 26.9. The van der Waals surface area contributed by atoms with Gasteiger partial charge in [0.15, 0.2) is 5.65 Å². The molecule has 2 aromatic heterocycles. The molecule has 5 atom stereocenters. The number of aromatic nitrogens is 3. The number of rotatable bonds is 4. The summed E-state index contributed by atoms with van der Waals surface area (Å²) < 4.78 is 1.80. The minimum atomic E-state index is -1.08. The molecule has 2 heterocycles. The van der Waals surface area contributed by atoms with Crippen molar-refractivity contribution in [2.45, 2.75) is 31.6 Å². The van der Waals surface area contributed by atoms with Crippen LogP contribution in [-0.2, 0) is 4.79 Å². The van der Waals surface area contributed by atoms with E-state index in [9.17, 15) is 15.0 Å². The average Bonchev–Trinajstić information content (AvgIpc) is 3.11. The van der Waals surface area contributed by atoms with Gasteiger partial charge in [-0.25, -0.2) is 9.97 Å². The Balaban J connectivity index is 1.77. The molecular weight excluding hydrogens is 310 g/mol. The van der Waals surface area contributed by atoms with Gasteiger partial charge >= 0.3 is 0 Å². The van der Waals surface area contributed by atoms with Crippen LogP contribution in [0.1, 0.15) is 19.4 Å². The van der Waals surface area contributed by atoms with Gasteiger partial charge in [-0.1, -0.05) is 0 Å². The second-order valence-electron chi connectivity index (χ2n) is 6.57. The third kappa shape index (κ3) is 1.78. The Morgan fingerprint density at radius 1 is 1.46 bits per heavy atom. The molecule has 0 saturated heterocycles. The molecule has 24 heavy (non-hydrogen) atoms. The molecule has 0 aromatic carbocycles. The topological polar surface area (TPSA) is 112 Å². The minimum absolute atomic E-state index is 0.121. The largest absolute Gasteiger partial charge is 0.389 e. The Kier molecular flexibility index (Phi) is 3.29. The highest BCUT2D eigenvalue weighted by atomic mass is 16.3. The number of aliphatic hydroxyl groups is 2. The van der Waals surface area contributed by atoms with E-state index in [1.165, 1.54) is 0 Å². The lowest BCUT2D eigenvalue weighted by Crippen LogP contribution is -2.41. The Morgan fingerprint density at radius 3 is 2.96 bits per heavy atom. The van der Waals surface area contributed by atoms with Crippen molar-refractivity contribution >= 4 is 22.8 Å². The standard InChI is InChI=1S/C16H21N5O3/c1-3-18-9-4-5-19-14-10(9)20-7-21(14)11-8-6-16(8,15(24)17-2)13(23)12(11)22/h4-5,7-8,11-13,22-23H,3,6H2,1-2H3,(H,17,24)(H,18,19)/t8-,11-,12+,13+,16+/m1/s1. The van der Waals surface area contributed by atoms with Gasteiger partial charge in [-0.15, -0.1) is 0 Å². The zero-order valence-corrected chi connectivity index (χ0v) is 13.6. The van der Waals surface area contributed by atoms with Crippen LogP contribution in [0.3, 0.4) is 0 Å². The molecule has 0 aliphatic heterocycles. The van der Waals surface area contributed by atoms with Gasteiger partial charge in [-0.3, -0.25) is 4.79 Å². The van der Waals surface area contributed by atoms with Crippen molar-refractivity contribution in [3.63, 3.8) is 0 Å². The number of nitrogens with one attached hydrogen (secondary N) is 2. The van der Waals surface area contributed by atoms with E-state index in [-0.39, 0.29) is 11.8 Å². The van der Waals surface area contributed by atoms with Crippen molar-refractivity contribution in [1.29, 1.82) is 0 Å². The van der Waals surface area contributed by atoms with Crippen molar-refractivity contribution in [3.05, 3.63) is 18.6 Å². The number of aliphatic hydroxyl groups excluding tert-OH is 2. The molecule has 2 fully saturated rings. The lowest BCUT2D eigenvalue weighted by Gasteiger charge is -2.23. The average molecular weight is 331 g/mol. The van der Waals surface area contributed by atoms with Crippen LogP contribution in [-0.4, -0.2) is 56.5 Å². The number of carbonyl (C=O) groups is 1. The van der Waals surface area contributed by atoms with Crippen molar-refractivity contribution < 1.29 is 15.0 Å². The highest BCUT2D eigenvalue weighted by molar-refractivity contribution is 5.88. The van der Waals surface area contributed by atoms with Crippen molar-refractivity contribution in [2.75, 3.05) is 18.9 Å². The van der Waals surface area contributed by atoms with Crippen molar-refractivity contribution in [1.82, 2.24) is 19.9 Å². The van der Waals surface area contributed by atoms with Gasteiger partial charge < -0.3 is 25.4 Å². The Morgan fingerprint density at radius 2 is 2.25 bits per heavy atom. The van der Waals surface area contributed by atoms with E-state index in [2.05, 4.69) is 20.6 Å². The highest BCUT2D eigenvalue weighted by Crippen LogP contribution is 2.67. The number of pyridine rings is 1. The first-order chi connectivity index (χ1) is 11.6. The number of anilines is 1. The van der Waals surface area contributed by atoms with Crippen LogP contribution >= 0.6 is 0 Å². The number of nitrogens with zero attached hydrogens (tertiary/aromatic N) is 3. The van der Waals surface area contributed by atoms with E-state index >= 15 is 0 Å². The van der Waals surface area contributed by atoms with Crippen LogP contribution in [0.5, 0.6) is 0 Å². The Labute approximate surface area is 138 Å². The SMILES string of the molecule is CCNc1ccnc2c1ncn2[C@H]1[C@H](O)[C@H](O)[C@]2(C(=O)NC)C[C@H]12. The van der Waals surface area contributed by atoms with Crippen LogP contribution in [0, 0.1) is 11.3 Å². The maximum Gasteiger partial charge on any atom is 0.229 e. The van der Waals surface area contributed by atoms with Crippen LogP contribution in [0.2, 0.25) is 0 Å². The number of imidazole rings is 1. The molecule has 2 aromatic rings. The molecule has 0 radical (unpaired) electrons. The maximum atomic E-state index is 12.2. The van der Waals surface area contributed by atoms with E-state index in [0.717, 1.165) is 17.7 Å². The van der Waals surface area contributed by atoms with Crippen LogP contribution in [0.25, 0.3) is 11.2 Å². The van der Waals surface area contributed by atoms with Gasteiger partial charge in [0.05, 0.1) is 29.6 Å². The minimum Gasteiger partial charge on any atom is -0.389 e. The second-order valence-corrected chi connectivity index (χ2v) is 6.57. The molecule has 0 unspecified atom stereocenters. The third-order valence-electron chi connectivity index (χ3n) is 5.47. The lowest BCUT2D eigenvalue weighted by atomic mass is 9.98. The van der Waals surface area contributed by atoms with Crippen LogP contribution in [0.4, 0.5) is 5.69 Å². The van der Waals surface area contributed by atoms with Gasteiger partial charge in [0.1, 0.15) is 11.6 Å². The van der Waals surface area contributed by atoms with Crippen LogP contribution < -0.4 is 10.6 Å². The molecule has 2 saturated carbocycles. The predicted octanol–water partition coefficient (Wildman–Crippen LogP) is -0.108. The summed E-state index contributed by atoms with van der Waals surface area (Å²) in [6.07, 6.45) is 1.78. The maximum absolute atomic E-state index is 12.2. The first kappa shape index (κ1) is 15.3. The molecule has 4 rings (SSSR count). The van der Waals surface area contributed by atoms with Gasteiger partial charge in [0.25, 0.3) is 0 Å². The molecule has 0 spiro atoms. The molecule has 8 nitrogen and oxygen atoms in total. The molecular formula is C16H21N5O3. The van der Waals surface area contributed by atoms with E-state index < -0.39 is 23.7 Å². The second kappa shape index (κ2) is 5.15. The number of fused-ring (bicyclic) bond motifs is 2. The first-order valence-corrected chi connectivity index (χ1v) is 8.20. The number of amides is 1. The van der Waals surface area contributed by atoms with Gasteiger partial charge in [-0.05, 0) is 19.4 Å². The zero-order chi connectivity index (χ0) is 17.1. The van der Waals surface area contributed by atoms with Crippen LogP contribution in [0.15, 0.2) is 18.6 Å². The summed E-state index contributed by atoms with van der Waals surface area (Å²) in [5.74, 6) is -0.336. The molecule has 128 valence electrons. The smallest absolute Gasteiger partial charge is 0.229 e. The molecule has 2 aliphatic rings. The lowest BCUT2D eigenvalue weighted by molar-refractivity contribution is -0.132. The first-order valence-electron chi connectivity index (χ1n) is 8.20. The Hall–Kier alpha value is -2.19. The third-order valence-corrected chi connectivity index (χ3v) is 5.47. The zero-order valence-electron chi connectivity index (χ0n) is 13.6. The van der Waals surface area contributed by atoms with E-state index in [4.69, 9.17) is 0 Å². The van der Waals surface area contributed by atoms with Gasteiger partial charge in [0, 0.05) is 25.7 Å². The van der Waals surface area contributed by atoms with Crippen molar-refractivity contribution in [2.24, 2.45) is 11.3 Å². The summed E-state index contributed by atoms with van der Waals surface area (Å²) in [5.41, 5.74) is 1.35. The summed E-state index contributed by atoms with van der Waals surface area (Å²) >= 11 is 0. The van der Waals surface area contributed by atoms with Gasteiger partial charge in [-0.2, -0.15) is 0 Å². The predicted molar refractivity (Wildman–Crippen MR) is 87.3 cm³/mol. The number of hydrogen-bond acceptors (Lipinski definition) is 6. The quantitative estimate of drug-likeness (QED) is 0.622. The fraction of sp³-hybridized carbons (Fsp3) is 0.562. The highest BCUT2D eigenvalue weighted by Gasteiger charge is 2.75. The number of carbonyl (C=O) groups excluding carboxylic acids is 1. The fourth-order valence-electron chi connectivity index (χ4n) is 4.27. The summed E-state index contributed by atoms with van der Waals surface area (Å²) in [4.78, 5) is 21.0. The normalized spacial score (nSPS) is 34.2. The molecule has 4 N–H and O–H groups in total. The van der Waals surface area contributed by atoms with Crippen molar-refractivity contribution in [3.8, 4) is 0 Å². The fourth-order valence-corrected chi connectivity index (χ4v) is 4.27. The molecule has 8 heteroatoms. The van der Waals surface area contributed by atoms with E-state index in [1.807, 2.05) is 13.0 Å². The Bertz CT molecular complexity index is 806. The van der Waals surface area contributed by atoms with E-state index in [1.54, 1.807) is 24.1 Å². The molecule has 1 amide bonds. The molecule has 0 bridgehead atoms. The number of hydrogen-bond donors (Lipinski definition) is 4. The summed E-state index contributed by atoms with van der Waals surface area (Å²) in [6.45, 7) is 2.77. The van der Waals surface area contributed by atoms with Gasteiger partial charge in [0.2, 0.25) is 5.91 Å². The monoisotopic (exact) mass is 331 g/mol. The summed E-state index contributed by atoms with van der Waals surface area (Å²) in [6, 6.07) is 1.45. The summed E-state index contributed by atoms with van der Waals surface area (Å²) in [7, 11) is 1.55.